The van der Waals surface area contributed by atoms with Gasteiger partial charge in [0.1, 0.15) is 0 Å². The smallest absolute Gasteiger partial charge is 0.0418 e. The molecular formula is C12H12O12-6. The standard InChI is InChI=1S/3C4H6O4/c3*5-3(6)1-2-4(7)8/h3*1-2H2,(H,5,6)(H,7,8)/p-6. The first-order chi connectivity index (χ1) is 10.9. The molecule has 0 amide bonds. The summed E-state index contributed by atoms with van der Waals surface area (Å²) in [4.78, 5) is 57.0. The lowest BCUT2D eigenvalue weighted by Crippen LogP contribution is -2.27. The lowest BCUT2D eigenvalue weighted by Gasteiger charge is -2.00. The fourth-order valence-corrected chi connectivity index (χ4v) is 0.612. The van der Waals surface area contributed by atoms with Gasteiger partial charge in [0.15, 0.2) is 0 Å². The summed E-state index contributed by atoms with van der Waals surface area (Å²) in [5, 5.41) is 57.0. The maximum absolute atomic E-state index is 9.50. The minimum absolute atomic E-state index is 0.470. The summed E-state index contributed by atoms with van der Waals surface area (Å²) in [6.45, 7) is 0. The van der Waals surface area contributed by atoms with Crippen LogP contribution in [0, 0.1) is 0 Å². The summed E-state index contributed by atoms with van der Waals surface area (Å²) >= 11 is 0. The predicted octanol–water partition coefficient (Wildman–Crippen LogP) is -8.20. The van der Waals surface area contributed by atoms with E-state index in [0.29, 0.717) is 0 Å². The molecule has 0 unspecified atom stereocenters. The maximum atomic E-state index is 9.50. The van der Waals surface area contributed by atoms with Crippen LogP contribution in [0.1, 0.15) is 38.5 Å². The summed E-state index contributed by atoms with van der Waals surface area (Å²) in [6.07, 6.45) is -2.82. The molecule has 0 aromatic carbocycles. The third kappa shape index (κ3) is 42.8. The van der Waals surface area contributed by atoms with Crippen LogP contribution in [0.2, 0.25) is 0 Å². The molecule has 0 rings (SSSR count). The molecule has 0 atom stereocenters. The quantitative estimate of drug-likeness (QED) is 0.377. The lowest BCUT2D eigenvalue weighted by molar-refractivity contribution is -0.315. The van der Waals surface area contributed by atoms with Crippen LogP contribution in [0.5, 0.6) is 0 Å². The van der Waals surface area contributed by atoms with Crippen LogP contribution in [0.15, 0.2) is 0 Å². The minimum atomic E-state index is -1.37. The zero-order valence-corrected chi connectivity index (χ0v) is 12.1. The third-order valence-electron chi connectivity index (χ3n) is 1.60. The number of carbonyl (C=O) groups is 6. The molecule has 138 valence electrons. The van der Waals surface area contributed by atoms with Crippen molar-refractivity contribution in [3.63, 3.8) is 0 Å². The molecule has 0 spiro atoms. The first-order valence-corrected chi connectivity index (χ1v) is 6.07. The average molecular weight is 348 g/mol. The minimum Gasteiger partial charge on any atom is -0.550 e. The molecule has 0 radical (unpaired) electrons. The van der Waals surface area contributed by atoms with Gasteiger partial charge in [-0.2, -0.15) is 0 Å². The molecule has 0 aliphatic rings. The van der Waals surface area contributed by atoms with E-state index >= 15 is 0 Å². The second-order valence-corrected chi connectivity index (χ2v) is 3.73. The second kappa shape index (κ2) is 16.2. The van der Waals surface area contributed by atoms with Crippen LogP contribution >= 0.6 is 0 Å². The maximum Gasteiger partial charge on any atom is 0.0418 e. The van der Waals surface area contributed by atoms with Gasteiger partial charge in [-0.15, -0.1) is 0 Å². The fourth-order valence-electron chi connectivity index (χ4n) is 0.612. The highest BCUT2D eigenvalue weighted by molar-refractivity contribution is 5.73. The molecule has 0 saturated heterocycles. The van der Waals surface area contributed by atoms with Crippen molar-refractivity contribution in [3.05, 3.63) is 0 Å². The second-order valence-electron chi connectivity index (χ2n) is 3.73. The Balaban J connectivity index is -0.000000276. The molecule has 0 aliphatic heterocycles. The topological polar surface area (TPSA) is 241 Å². The fraction of sp³-hybridized carbons (Fsp3) is 0.500. The van der Waals surface area contributed by atoms with E-state index in [-0.39, 0.29) is 0 Å². The Morgan fingerprint density at radius 2 is 0.417 bits per heavy atom. The van der Waals surface area contributed by atoms with Gasteiger partial charge >= 0.3 is 0 Å². The molecular weight excluding hydrogens is 336 g/mol. The van der Waals surface area contributed by atoms with Gasteiger partial charge in [0.05, 0.1) is 0 Å². The van der Waals surface area contributed by atoms with E-state index in [1.165, 1.54) is 0 Å². The van der Waals surface area contributed by atoms with Crippen LogP contribution in [0.4, 0.5) is 0 Å². The largest absolute Gasteiger partial charge is 0.550 e. The van der Waals surface area contributed by atoms with Crippen molar-refractivity contribution in [1.29, 1.82) is 0 Å². The third-order valence-corrected chi connectivity index (χ3v) is 1.60. The van der Waals surface area contributed by atoms with Gasteiger partial charge in [-0.3, -0.25) is 0 Å². The van der Waals surface area contributed by atoms with Crippen molar-refractivity contribution >= 4 is 35.8 Å². The number of hydrogen-bond donors (Lipinski definition) is 0. The van der Waals surface area contributed by atoms with Gasteiger partial charge in [0, 0.05) is 35.8 Å². The van der Waals surface area contributed by atoms with Crippen LogP contribution in [-0.2, 0) is 28.8 Å². The van der Waals surface area contributed by atoms with Gasteiger partial charge in [-0.05, 0) is 38.5 Å². The SMILES string of the molecule is O=C([O-])CCC(=O)[O-].O=C([O-])CCC(=O)[O-].O=C([O-])CCC(=O)[O-]. The first kappa shape index (κ1) is 25.8. The molecule has 0 heterocycles. The number of aliphatic carboxylic acids is 6. The summed E-state index contributed by atoms with van der Waals surface area (Å²) in [5.41, 5.74) is 0. The van der Waals surface area contributed by atoms with Crippen molar-refractivity contribution in [3.8, 4) is 0 Å². The first-order valence-electron chi connectivity index (χ1n) is 6.07. The Morgan fingerprint density at radius 1 is 0.333 bits per heavy atom. The van der Waals surface area contributed by atoms with Gasteiger partial charge in [0.25, 0.3) is 0 Å². The molecule has 0 aromatic heterocycles. The zero-order chi connectivity index (χ0) is 19.7. The lowest BCUT2D eigenvalue weighted by atomic mass is 10.3. The zero-order valence-electron chi connectivity index (χ0n) is 12.1. The Kier molecular flexibility index (Phi) is 17.4. The van der Waals surface area contributed by atoms with Crippen LogP contribution < -0.4 is 30.6 Å². The molecule has 12 nitrogen and oxygen atoms in total. The summed E-state index contributed by atoms with van der Waals surface area (Å²) in [5.74, 6) is -8.20. The van der Waals surface area contributed by atoms with Crippen LogP contribution in [0.3, 0.4) is 0 Å². The van der Waals surface area contributed by atoms with E-state index in [1.54, 1.807) is 0 Å². The predicted molar refractivity (Wildman–Crippen MR) is 57.7 cm³/mol. The highest BCUT2D eigenvalue weighted by atomic mass is 16.4. The molecule has 0 aliphatic carbocycles. The van der Waals surface area contributed by atoms with Crippen molar-refractivity contribution in [1.82, 2.24) is 0 Å². The van der Waals surface area contributed by atoms with Crippen LogP contribution in [0.25, 0.3) is 0 Å². The van der Waals surface area contributed by atoms with Gasteiger partial charge in [0.2, 0.25) is 0 Å². The Morgan fingerprint density at radius 3 is 0.458 bits per heavy atom. The van der Waals surface area contributed by atoms with E-state index in [2.05, 4.69) is 0 Å². The number of carboxylic acids is 6. The summed E-state index contributed by atoms with van der Waals surface area (Å²) in [7, 11) is 0. The number of rotatable bonds is 9. The van der Waals surface area contributed by atoms with Gasteiger partial charge < -0.3 is 59.4 Å². The average Bonchev–Trinajstić information content (AvgIpc) is 2.42. The molecule has 24 heavy (non-hydrogen) atoms. The van der Waals surface area contributed by atoms with E-state index in [1.807, 2.05) is 0 Å². The molecule has 0 N–H and O–H groups in total. The summed E-state index contributed by atoms with van der Waals surface area (Å²) in [6, 6.07) is 0. The van der Waals surface area contributed by atoms with Gasteiger partial charge in [-0.25, -0.2) is 0 Å². The highest BCUT2D eigenvalue weighted by Gasteiger charge is 1.86. The molecule has 12 heteroatoms. The number of hydrogen-bond acceptors (Lipinski definition) is 12. The Hall–Kier alpha value is -3.18. The molecule has 0 fully saturated rings. The van der Waals surface area contributed by atoms with Crippen LogP contribution in [-0.4, -0.2) is 35.8 Å². The van der Waals surface area contributed by atoms with Crippen molar-refractivity contribution in [2.75, 3.05) is 0 Å². The Labute approximate surface area is 134 Å². The molecule has 0 saturated carbocycles. The van der Waals surface area contributed by atoms with Gasteiger partial charge in [-0.1, -0.05) is 0 Å². The van der Waals surface area contributed by atoms with Crippen molar-refractivity contribution in [2.24, 2.45) is 0 Å². The highest BCUT2D eigenvalue weighted by Crippen LogP contribution is 1.82. The van der Waals surface area contributed by atoms with Crippen molar-refractivity contribution in [2.45, 2.75) is 38.5 Å². The number of carbonyl (C=O) groups excluding carboxylic acids is 6. The normalized spacial score (nSPS) is 8.50. The van der Waals surface area contributed by atoms with E-state index in [0.717, 1.165) is 0 Å². The van der Waals surface area contributed by atoms with Crippen molar-refractivity contribution < 1.29 is 59.4 Å². The molecule has 0 bridgehead atoms. The van der Waals surface area contributed by atoms with E-state index in [9.17, 15) is 59.4 Å². The summed E-state index contributed by atoms with van der Waals surface area (Å²) < 4.78 is 0. The van der Waals surface area contributed by atoms with E-state index in [4.69, 9.17) is 0 Å². The monoisotopic (exact) mass is 348 g/mol. The van der Waals surface area contributed by atoms with E-state index < -0.39 is 74.3 Å². The molecule has 0 aromatic rings. The Bertz CT molecular complexity index is 344. The number of carboxylic acid groups (broad SMARTS) is 6.